The van der Waals surface area contributed by atoms with Gasteiger partial charge in [0.2, 0.25) is 0 Å². The van der Waals surface area contributed by atoms with Crippen molar-refractivity contribution in [3.63, 3.8) is 0 Å². The van der Waals surface area contributed by atoms with Gasteiger partial charge in [-0.25, -0.2) is 9.59 Å². The highest BCUT2D eigenvalue weighted by Gasteiger charge is 2.43. The summed E-state index contributed by atoms with van der Waals surface area (Å²) in [6, 6.07) is 0.852. The molecule has 2 fully saturated rings. The van der Waals surface area contributed by atoms with Crippen molar-refractivity contribution in [3.8, 4) is 0 Å². The van der Waals surface area contributed by atoms with Gasteiger partial charge in [-0.05, 0) is 33.7 Å². The minimum atomic E-state index is -0.466. The van der Waals surface area contributed by atoms with Crippen LogP contribution in [-0.2, 0) is 19.1 Å². The van der Waals surface area contributed by atoms with E-state index < -0.39 is 11.9 Å². The van der Waals surface area contributed by atoms with Crippen LogP contribution in [0.3, 0.4) is 0 Å². The Morgan fingerprint density at radius 2 is 2.10 bits per heavy atom. The van der Waals surface area contributed by atoms with Crippen LogP contribution >= 0.6 is 0 Å². The van der Waals surface area contributed by atoms with Crippen molar-refractivity contribution in [2.24, 2.45) is 0 Å². The van der Waals surface area contributed by atoms with E-state index in [1.165, 1.54) is 12.8 Å². The van der Waals surface area contributed by atoms with Gasteiger partial charge in [-0.15, -0.1) is 0 Å². The van der Waals surface area contributed by atoms with Gasteiger partial charge in [-0.1, -0.05) is 12.5 Å². The van der Waals surface area contributed by atoms with Gasteiger partial charge in [0, 0.05) is 24.1 Å². The smallest absolute Gasteiger partial charge is 0.344 e. The lowest BCUT2D eigenvalue weighted by molar-refractivity contribution is -0.161. The van der Waals surface area contributed by atoms with Crippen LogP contribution < -0.4 is 0 Å². The van der Waals surface area contributed by atoms with Crippen molar-refractivity contribution in [3.05, 3.63) is 11.6 Å². The van der Waals surface area contributed by atoms with Gasteiger partial charge < -0.3 is 9.47 Å². The van der Waals surface area contributed by atoms with Gasteiger partial charge in [-0.3, -0.25) is 4.90 Å². The third kappa shape index (κ3) is 3.20. The number of rotatable bonds is 4. The van der Waals surface area contributed by atoms with E-state index in [4.69, 9.17) is 9.47 Å². The molecular weight excluding hydrogens is 258 g/mol. The average molecular weight is 281 g/mol. The van der Waals surface area contributed by atoms with Crippen molar-refractivity contribution < 1.29 is 19.1 Å². The summed E-state index contributed by atoms with van der Waals surface area (Å²) >= 11 is 0. The van der Waals surface area contributed by atoms with Crippen LogP contribution in [0.15, 0.2) is 11.6 Å². The van der Waals surface area contributed by atoms with Crippen LogP contribution in [0, 0.1) is 0 Å². The number of likely N-dealkylation sites (N-methyl/N-ethyl adjacent to an activating group) is 1. The maximum atomic E-state index is 11.8. The first kappa shape index (κ1) is 15.0. The number of carbonyl (C=O) groups excluding carboxylic acids is 2. The van der Waals surface area contributed by atoms with E-state index in [1.807, 2.05) is 0 Å². The molecule has 112 valence electrons. The molecule has 5 heteroatoms. The molecule has 2 bridgehead atoms. The Bertz CT molecular complexity index is 418. The van der Waals surface area contributed by atoms with Gasteiger partial charge in [-0.2, -0.15) is 0 Å². The quantitative estimate of drug-likeness (QED) is 0.579. The number of hydrogen-bond acceptors (Lipinski definition) is 5. The molecule has 1 unspecified atom stereocenters. The van der Waals surface area contributed by atoms with Crippen LogP contribution in [0.5, 0.6) is 0 Å². The fourth-order valence-corrected chi connectivity index (χ4v) is 3.08. The number of ether oxygens (including phenoxy) is 2. The molecule has 2 heterocycles. The van der Waals surface area contributed by atoms with Crippen LogP contribution in [0.4, 0.5) is 0 Å². The molecule has 0 aromatic rings. The monoisotopic (exact) mass is 281 g/mol. The first-order valence-electron chi connectivity index (χ1n) is 7.24. The zero-order valence-corrected chi connectivity index (χ0v) is 12.4. The highest BCUT2D eigenvalue weighted by atomic mass is 16.6. The number of piperidine rings is 1. The molecule has 0 aromatic heterocycles. The van der Waals surface area contributed by atoms with Crippen LogP contribution in [0.1, 0.15) is 39.5 Å². The molecule has 0 aromatic carbocycles. The molecule has 2 saturated heterocycles. The first-order chi connectivity index (χ1) is 9.52. The molecule has 0 saturated carbocycles. The number of carbonyl (C=O) groups is 2. The lowest BCUT2D eigenvalue weighted by Crippen LogP contribution is -2.40. The topological polar surface area (TPSA) is 55.8 Å². The lowest BCUT2D eigenvalue weighted by atomic mass is 10.0. The molecule has 0 N–H and O–H groups in total. The van der Waals surface area contributed by atoms with Crippen LogP contribution in [-0.4, -0.2) is 48.7 Å². The van der Waals surface area contributed by atoms with E-state index >= 15 is 0 Å². The van der Waals surface area contributed by atoms with Crippen LogP contribution in [0.2, 0.25) is 0 Å². The fraction of sp³-hybridized carbons (Fsp3) is 0.733. The zero-order valence-electron chi connectivity index (χ0n) is 12.4. The summed E-state index contributed by atoms with van der Waals surface area (Å²) in [4.78, 5) is 25.5. The molecule has 0 aliphatic carbocycles. The van der Waals surface area contributed by atoms with Crippen molar-refractivity contribution in [2.45, 2.75) is 57.7 Å². The van der Waals surface area contributed by atoms with Crippen molar-refractivity contribution >= 4 is 11.9 Å². The molecular formula is C15H23NO4. The Morgan fingerprint density at radius 3 is 2.75 bits per heavy atom. The third-order valence-electron chi connectivity index (χ3n) is 4.43. The largest absolute Gasteiger partial charge is 0.458 e. The standard InChI is InChI=1S/C15H23NO4/c1-4-10(2)15(18)19-9-14(17)20-13-8-11-6-5-7-12(13)16(11)3/h4,11-13H,5-9H2,1-3H3/b10-4+/t11-,12+,13?/m0/s1. The molecule has 20 heavy (non-hydrogen) atoms. The van der Waals surface area contributed by atoms with Gasteiger partial charge in [0.15, 0.2) is 6.61 Å². The highest BCUT2D eigenvalue weighted by Crippen LogP contribution is 2.35. The third-order valence-corrected chi connectivity index (χ3v) is 4.43. The molecule has 2 aliphatic rings. The summed E-state index contributed by atoms with van der Waals surface area (Å²) in [6.45, 7) is 3.11. The van der Waals surface area contributed by atoms with E-state index in [0.717, 1.165) is 12.8 Å². The van der Waals surface area contributed by atoms with Gasteiger partial charge in [0.05, 0.1) is 0 Å². The number of esters is 2. The molecule has 2 aliphatic heterocycles. The lowest BCUT2D eigenvalue weighted by Gasteiger charge is -2.31. The molecule has 0 radical (unpaired) electrons. The summed E-state index contributed by atoms with van der Waals surface area (Å²) in [7, 11) is 2.09. The van der Waals surface area contributed by atoms with Gasteiger partial charge in [0.25, 0.3) is 0 Å². The van der Waals surface area contributed by atoms with Gasteiger partial charge in [0.1, 0.15) is 6.10 Å². The van der Waals surface area contributed by atoms with E-state index in [-0.39, 0.29) is 12.7 Å². The molecule has 3 atom stereocenters. The second-order valence-corrected chi connectivity index (χ2v) is 5.63. The SMILES string of the molecule is C/C=C(\C)C(=O)OCC(=O)OC1C[C@@H]2CCC[C@H]1N2C. The molecule has 0 spiro atoms. The summed E-state index contributed by atoms with van der Waals surface area (Å²) < 4.78 is 10.4. The summed E-state index contributed by atoms with van der Waals surface area (Å²) in [6.07, 6.45) is 5.95. The molecule has 5 nitrogen and oxygen atoms in total. The van der Waals surface area contributed by atoms with E-state index in [0.29, 0.717) is 17.7 Å². The fourth-order valence-electron chi connectivity index (χ4n) is 3.08. The number of fused-ring (bicyclic) bond motifs is 2. The maximum Gasteiger partial charge on any atom is 0.344 e. The Balaban J connectivity index is 1.79. The Morgan fingerprint density at radius 1 is 1.35 bits per heavy atom. The Kier molecular flexibility index (Phi) is 4.81. The van der Waals surface area contributed by atoms with Crippen molar-refractivity contribution in [1.82, 2.24) is 4.90 Å². The van der Waals surface area contributed by atoms with Gasteiger partial charge >= 0.3 is 11.9 Å². The minimum Gasteiger partial charge on any atom is -0.458 e. The Hall–Kier alpha value is -1.36. The second-order valence-electron chi connectivity index (χ2n) is 5.63. The number of nitrogens with zero attached hydrogens (tertiary/aromatic N) is 1. The number of hydrogen-bond donors (Lipinski definition) is 0. The van der Waals surface area contributed by atoms with Crippen molar-refractivity contribution in [2.75, 3.05) is 13.7 Å². The van der Waals surface area contributed by atoms with E-state index in [9.17, 15) is 9.59 Å². The van der Waals surface area contributed by atoms with Crippen molar-refractivity contribution in [1.29, 1.82) is 0 Å². The first-order valence-corrected chi connectivity index (χ1v) is 7.24. The van der Waals surface area contributed by atoms with Crippen LogP contribution in [0.25, 0.3) is 0 Å². The summed E-state index contributed by atoms with van der Waals surface area (Å²) in [5.41, 5.74) is 0.495. The average Bonchev–Trinajstić information content (AvgIpc) is 2.63. The summed E-state index contributed by atoms with van der Waals surface area (Å²) in [5.74, 6) is -0.917. The normalized spacial score (nSPS) is 30.1. The predicted octanol–water partition coefficient (Wildman–Crippen LogP) is 1.66. The van der Waals surface area contributed by atoms with E-state index in [1.54, 1.807) is 19.9 Å². The molecule has 2 rings (SSSR count). The summed E-state index contributed by atoms with van der Waals surface area (Å²) in [5, 5.41) is 0. The van der Waals surface area contributed by atoms with E-state index in [2.05, 4.69) is 11.9 Å². The minimum absolute atomic E-state index is 0.0542. The molecule has 0 amide bonds. The second kappa shape index (κ2) is 6.39. The zero-order chi connectivity index (χ0) is 14.7. The predicted molar refractivity (Wildman–Crippen MR) is 74.1 cm³/mol. The number of allylic oxidation sites excluding steroid dienone is 1. The highest BCUT2D eigenvalue weighted by molar-refractivity contribution is 5.89. The Labute approximate surface area is 119 Å². The maximum absolute atomic E-state index is 11.8.